The van der Waals surface area contributed by atoms with Crippen molar-refractivity contribution < 1.29 is 9.47 Å². The van der Waals surface area contributed by atoms with E-state index in [1.165, 1.54) is 0 Å². The third kappa shape index (κ3) is 11.4. The lowest BCUT2D eigenvalue weighted by molar-refractivity contribution is -0.125. The van der Waals surface area contributed by atoms with Gasteiger partial charge in [0, 0.05) is 6.42 Å². The molecule has 0 saturated heterocycles. The monoisotopic (exact) mass is 238 g/mol. The number of ether oxygens (including phenoxy) is 2. The molecule has 0 aromatic carbocycles. The lowest BCUT2D eigenvalue weighted by Gasteiger charge is -2.16. The molecule has 0 bridgehead atoms. The maximum Gasteiger partial charge on any atom is 0.162 e. The summed E-state index contributed by atoms with van der Waals surface area (Å²) in [4.78, 5) is 0. The minimum absolute atomic E-state index is 0.185. The van der Waals surface area contributed by atoms with Gasteiger partial charge in [-0.3, -0.25) is 0 Å². The van der Waals surface area contributed by atoms with Crippen LogP contribution in [0.2, 0.25) is 0 Å². The van der Waals surface area contributed by atoms with E-state index in [0.717, 1.165) is 24.8 Å². The van der Waals surface area contributed by atoms with Crippen LogP contribution in [-0.2, 0) is 9.47 Å². The second kappa shape index (κ2) is 11.6. The predicted octanol–water partition coefficient (Wildman–Crippen LogP) is 4.24. The van der Waals surface area contributed by atoms with Crippen molar-refractivity contribution in [1.29, 1.82) is 0 Å². The van der Waals surface area contributed by atoms with Gasteiger partial charge in [0.15, 0.2) is 6.29 Å². The fourth-order valence-electron chi connectivity index (χ4n) is 1.25. The first kappa shape index (κ1) is 16.1. The standard InChI is InChI=1S/C15H26O2/c1-5-7-9-11-16-15(13-14(3)4)17-12-10-8-6-2/h7-10,15H,3,5-6,11-13H2,1-2,4H3/b9-7+,10-8+. The van der Waals surface area contributed by atoms with Crippen LogP contribution in [0.3, 0.4) is 0 Å². The normalized spacial score (nSPS) is 12.0. The Morgan fingerprint density at radius 1 is 1.00 bits per heavy atom. The molecule has 0 aromatic heterocycles. The third-order valence-electron chi connectivity index (χ3n) is 2.08. The summed E-state index contributed by atoms with van der Waals surface area (Å²) in [6, 6.07) is 0. The molecule has 0 fully saturated rings. The van der Waals surface area contributed by atoms with Gasteiger partial charge < -0.3 is 9.47 Å². The Morgan fingerprint density at radius 2 is 1.47 bits per heavy atom. The lowest BCUT2D eigenvalue weighted by Crippen LogP contribution is -2.18. The maximum absolute atomic E-state index is 5.63. The van der Waals surface area contributed by atoms with Gasteiger partial charge in [-0.1, -0.05) is 50.3 Å². The molecule has 0 radical (unpaired) electrons. The van der Waals surface area contributed by atoms with Crippen LogP contribution >= 0.6 is 0 Å². The summed E-state index contributed by atoms with van der Waals surface area (Å²) in [6.07, 6.45) is 10.9. The SMILES string of the molecule is C=C(C)CC(OC/C=C/CC)OC/C=C/CC. The Bertz CT molecular complexity index is 223. The fraction of sp³-hybridized carbons (Fsp3) is 0.600. The van der Waals surface area contributed by atoms with Crippen molar-refractivity contribution >= 4 is 0 Å². The van der Waals surface area contributed by atoms with Gasteiger partial charge >= 0.3 is 0 Å². The van der Waals surface area contributed by atoms with E-state index in [-0.39, 0.29) is 6.29 Å². The molecule has 0 heterocycles. The van der Waals surface area contributed by atoms with Gasteiger partial charge in [-0.05, 0) is 19.8 Å². The Morgan fingerprint density at radius 3 is 1.82 bits per heavy atom. The smallest absolute Gasteiger partial charge is 0.162 e. The molecule has 2 nitrogen and oxygen atoms in total. The summed E-state index contributed by atoms with van der Waals surface area (Å²) < 4.78 is 11.3. The van der Waals surface area contributed by atoms with Gasteiger partial charge in [-0.15, -0.1) is 0 Å². The summed E-state index contributed by atoms with van der Waals surface area (Å²) in [7, 11) is 0. The van der Waals surface area contributed by atoms with Crippen LogP contribution in [0.1, 0.15) is 40.0 Å². The van der Waals surface area contributed by atoms with Crippen LogP contribution < -0.4 is 0 Å². The van der Waals surface area contributed by atoms with Crippen molar-refractivity contribution in [2.24, 2.45) is 0 Å². The van der Waals surface area contributed by atoms with E-state index in [0.29, 0.717) is 13.2 Å². The molecule has 17 heavy (non-hydrogen) atoms. The molecule has 2 heteroatoms. The quantitative estimate of drug-likeness (QED) is 0.418. The van der Waals surface area contributed by atoms with Gasteiger partial charge in [0.25, 0.3) is 0 Å². The molecule has 0 amide bonds. The van der Waals surface area contributed by atoms with E-state index in [9.17, 15) is 0 Å². The number of allylic oxidation sites excluding steroid dienone is 2. The molecule has 0 saturated carbocycles. The van der Waals surface area contributed by atoms with Crippen LogP contribution in [0.15, 0.2) is 36.5 Å². The highest BCUT2D eigenvalue weighted by Crippen LogP contribution is 2.08. The largest absolute Gasteiger partial charge is 0.348 e. The van der Waals surface area contributed by atoms with E-state index in [1.54, 1.807) is 0 Å². The molecule has 0 aromatic rings. The highest BCUT2D eigenvalue weighted by Gasteiger charge is 2.07. The van der Waals surface area contributed by atoms with E-state index < -0.39 is 0 Å². The molecule has 0 aliphatic rings. The van der Waals surface area contributed by atoms with Gasteiger partial charge in [0.1, 0.15) is 0 Å². The molecule has 0 atom stereocenters. The Hall–Kier alpha value is -0.860. The molecule has 0 unspecified atom stereocenters. The van der Waals surface area contributed by atoms with Crippen molar-refractivity contribution in [3.8, 4) is 0 Å². The number of hydrogen-bond acceptors (Lipinski definition) is 2. The van der Waals surface area contributed by atoms with Crippen LogP contribution in [0, 0.1) is 0 Å². The van der Waals surface area contributed by atoms with Crippen LogP contribution in [0.5, 0.6) is 0 Å². The van der Waals surface area contributed by atoms with Gasteiger partial charge in [-0.25, -0.2) is 0 Å². The first-order chi connectivity index (χ1) is 8.20. The van der Waals surface area contributed by atoms with Crippen molar-refractivity contribution in [3.05, 3.63) is 36.5 Å². The first-order valence-corrected chi connectivity index (χ1v) is 6.38. The number of rotatable bonds is 10. The topological polar surface area (TPSA) is 18.5 Å². The van der Waals surface area contributed by atoms with Crippen molar-refractivity contribution in [1.82, 2.24) is 0 Å². The predicted molar refractivity (Wildman–Crippen MR) is 74.0 cm³/mol. The number of hydrogen-bond donors (Lipinski definition) is 0. The summed E-state index contributed by atoms with van der Waals surface area (Å²) in [6.45, 7) is 11.3. The molecule has 0 rings (SSSR count). The second-order valence-corrected chi connectivity index (χ2v) is 4.02. The third-order valence-corrected chi connectivity index (χ3v) is 2.08. The molecule has 0 spiro atoms. The average molecular weight is 238 g/mol. The molecule has 98 valence electrons. The van der Waals surface area contributed by atoms with Gasteiger partial charge in [0.2, 0.25) is 0 Å². The molecular weight excluding hydrogens is 212 g/mol. The summed E-state index contributed by atoms with van der Waals surface area (Å²) in [5, 5.41) is 0. The minimum Gasteiger partial charge on any atom is -0.348 e. The summed E-state index contributed by atoms with van der Waals surface area (Å²) >= 11 is 0. The summed E-state index contributed by atoms with van der Waals surface area (Å²) in [5.74, 6) is 0. The van der Waals surface area contributed by atoms with Gasteiger partial charge in [0.05, 0.1) is 13.2 Å². The molecular formula is C15H26O2. The lowest BCUT2D eigenvalue weighted by atomic mass is 10.2. The van der Waals surface area contributed by atoms with E-state index in [1.807, 2.05) is 19.1 Å². The van der Waals surface area contributed by atoms with Crippen LogP contribution in [0.4, 0.5) is 0 Å². The minimum atomic E-state index is -0.185. The van der Waals surface area contributed by atoms with Crippen molar-refractivity contribution in [2.75, 3.05) is 13.2 Å². The van der Waals surface area contributed by atoms with E-state index in [4.69, 9.17) is 9.47 Å². The first-order valence-electron chi connectivity index (χ1n) is 6.38. The summed E-state index contributed by atoms with van der Waals surface area (Å²) in [5.41, 5.74) is 1.08. The second-order valence-electron chi connectivity index (χ2n) is 4.02. The highest BCUT2D eigenvalue weighted by atomic mass is 16.7. The Labute approximate surface area is 106 Å². The van der Waals surface area contributed by atoms with Crippen LogP contribution in [0.25, 0.3) is 0 Å². The van der Waals surface area contributed by atoms with E-state index in [2.05, 4.69) is 32.6 Å². The zero-order chi connectivity index (χ0) is 12.9. The maximum atomic E-state index is 5.63. The van der Waals surface area contributed by atoms with Crippen molar-refractivity contribution in [3.63, 3.8) is 0 Å². The molecule has 0 aliphatic carbocycles. The zero-order valence-corrected chi connectivity index (χ0v) is 11.4. The zero-order valence-electron chi connectivity index (χ0n) is 11.4. The Balaban J connectivity index is 3.91. The van der Waals surface area contributed by atoms with E-state index >= 15 is 0 Å². The highest BCUT2D eigenvalue weighted by molar-refractivity contribution is 4.90. The van der Waals surface area contributed by atoms with Gasteiger partial charge in [-0.2, -0.15) is 0 Å². The fourth-order valence-corrected chi connectivity index (χ4v) is 1.25. The van der Waals surface area contributed by atoms with Crippen LogP contribution in [-0.4, -0.2) is 19.5 Å². The van der Waals surface area contributed by atoms with Crippen molar-refractivity contribution in [2.45, 2.75) is 46.3 Å². The molecule has 0 N–H and O–H groups in total. The average Bonchev–Trinajstić information content (AvgIpc) is 2.29. The Kier molecular flexibility index (Phi) is 11.0. The molecule has 0 aliphatic heterocycles.